The Hall–Kier alpha value is -0.620. The molecule has 0 unspecified atom stereocenters. The van der Waals surface area contributed by atoms with Crippen LogP contribution >= 0.6 is 11.3 Å². The maximum Gasteiger partial charge on any atom is 0.434 e. The van der Waals surface area contributed by atoms with E-state index in [0.717, 1.165) is 16.7 Å². The molecule has 2 N–H and O–H groups in total. The number of halogens is 3. The predicted octanol–water partition coefficient (Wildman–Crippen LogP) is 2.36. The molecule has 0 bridgehead atoms. The minimum Gasteiger partial charge on any atom is -0.320 e. The molecular formula is C7H9F3N2S. The number of aromatic nitrogens is 1. The third-order valence-corrected chi connectivity index (χ3v) is 2.53. The van der Waals surface area contributed by atoms with E-state index in [9.17, 15) is 13.2 Å². The SMILES string of the molecule is CC(C)(N)c1nc(C(F)(F)F)cs1. The summed E-state index contributed by atoms with van der Waals surface area (Å²) in [5.41, 5.74) is 3.91. The summed E-state index contributed by atoms with van der Waals surface area (Å²) in [6.07, 6.45) is -4.38. The lowest BCUT2D eigenvalue weighted by molar-refractivity contribution is -0.140. The van der Waals surface area contributed by atoms with Gasteiger partial charge in [-0.05, 0) is 13.8 Å². The zero-order valence-electron chi connectivity index (χ0n) is 7.14. The van der Waals surface area contributed by atoms with E-state index in [-0.39, 0.29) is 0 Å². The Morgan fingerprint density at radius 2 is 1.92 bits per heavy atom. The van der Waals surface area contributed by atoms with E-state index in [4.69, 9.17) is 5.73 Å². The van der Waals surface area contributed by atoms with Crippen LogP contribution in [0.1, 0.15) is 24.5 Å². The molecule has 74 valence electrons. The van der Waals surface area contributed by atoms with Gasteiger partial charge in [0.1, 0.15) is 5.01 Å². The average molecular weight is 210 g/mol. The van der Waals surface area contributed by atoms with Gasteiger partial charge >= 0.3 is 6.18 Å². The van der Waals surface area contributed by atoms with Gasteiger partial charge in [0, 0.05) is 5.38 Å². The van der Waals surface area contributed by atoms with Gasteiger partial charge in [-0.15, -0.1) is 11.3 Å². The molecule has 1 rings (SSSR count). The van der Waals surface area contributed by atoms with E-state index in [2.05, 4.69) is 4.98 Å². The molecule has 0 aliphatic heterocycles. The highest BCUT2D eigenvalue weighted by molar-refractivity contribution is 7.09. The van der Waals surface area contributed by atoms with Gasteiger partial charge in [-0.2, -0.15) is 13.2 Å². The van der Waals surface area contributed by atoms with E-state index in [1.165, 1.54) is 0 Å². The summed E-state index contributed by atoms with van der Waals surface area (Å²) >= 11 is 0.927. The highest BCUT2D eigenvalue weighted by Crippen LogP contribution is 2.32. The molecule has 0 atom stereocenters. The quantitative estimate of drug-likeness (QED) is 0.772. The number of thiazole rings is 1. The molecule has 2 nitrogen and oxygen atoms in total. The molecule has 13 heavy (non-hydrogen) atoms. The monoisotopic (exact) mass is 210 g/mol. The van der Waals surface area contributed by atoms with Crippen molar-refractivity contribution >= 4 is 11.3 Å². The summed E-state index contributed by atoms with van der Waals surface area (Å²) < 4.78 is 36.3. The minimum absolute atomic E-state index is 0.292. The Kier molecular flexibility index (Phi) is 2.38. The Labute approximate surface area is 77.6 Å². The van der Waals surface area contributed by atoms with Crippen molar-refractivity contribution in [3.8, 4) is 0 Å². The first-order valence-corrected chi connectivity index (χ1v) is 4.41. The van der Waals surface area contributed by atoms with Crippen LogP contribution in [0.2, 0.25) is 0 Å². The molecule has 1 heterocycles. The Morgan fingerprint density at radius 3 is 2.15 bits per heavy atom. The standard InChI is InChI=1S/C7H9F3N2S/c1-6(2,11)5-12-4(3-13-5)7(8,9)10/h3H,11H2,1-2H3. The van der Waals surface area contributed by atoms with E-state index < -0.39 is 17.4 Å². The molecule has 0 saturated carbocycles. The topological polar surface area (TPSA) is 38.9 Å². The van der Waals surface area contributed by atoms with Crippen molar-refractivity contribution in [2.75, 3.05) is 0 Å². The molecule has 6 heteroatoms. The zero-order valence-corrected chi connectivity index (χ0v) is 7.96. The average Bonchev–Trinajstić information content (AvgIpc) is 2.28. The van der Waals surface area contributed by atoms with Crippen LogP contribution in [0.4, 0.5) is 13.2 Å². The third-order valence-electron chi connectivity index (χ3n) is 1.35. The van der Waals surface area contributed by atoms with E-state index in [1.54, 1.807) is 13.8 Å². The van der Waals surface area contributed by atoms with Gasteiger partial charge in [0.2, 0.25) is 0 Å². The number of alkyl halides is 3. The second kappa shape index (κ2) is 2.95. The second-order valence-electron chi connectivity index (χ2n) is 3.26. The molecule has 0 spiro atoms. The largest absolute Gasteiger partial charge is 0.434 e. The highest BCUT2D eigenvalue weighted by Gasteiger charge is 2.35. The number of nitrogens with zero attached hydrogens (tertiary/aromatic N) is 1. The lowest BCUT2D eigenvalue weighted by atomic mass is 10.1. The van der Waals surface area contributed by atoms with E-state index in [0.29, 0.717) is 5.01 Å². The van der Waals surface area contributed by atoms with Crippen LogP contribution in [0, 0.1) is 0 Å². The maximum absolute atomic E-state index is 12.1. The molecule has 0 fully saturated rings. The zero-order chi connectivity index (χ0) is 10.3. The van der Waals surface area contributed by atoms with Crippen LogP contribution in [0.5, 0.6) is 0 Å². The smallest absolute Gasteiger partial charge is 0.320 e. The first-order valence-electron chi connectivity index (χ1n) is 3.53. The number of hydrogen-bond donors (Lipinski definition) is 1. The predicted molar refractivity (Wildman–Crippen MR) is 44.3 cm³/mol. The van der Waals surface area contributed by atoms with E-state index in [1.807, 2.05) is 0 Å². The fourth-order valence-electron chi connectivity index (χ4n) is 0.700. The van der Waals surface area contributed by atoms with Gasteiger partial charge in [0.25, 0.3) is 0 Å². The highest BCUT2D eigenvalue weighted by atomic mass is 32.1. The van der Waals surface area contributed by atoms with Crippen LogP contribution in [-0.4, -0.2) is 4.98 Å². The van der Waals surface area contributed by atoms with E-state index >= 15 is 0 Å². The molecule has 1 aromatic heterocycles. The summed E-state index contributed by atoms with van der Waals surface area (Å²) in [6, 6.07) is 0. The summed E-state index contributed by atoms with van der Waals surface area (Å²) in [5, 5.41) is 1.27. The summed E-state index contributed by atoms with van der Waals surface area (Å²) in [4.78, 5) is 3.42. The van der Waals surface area contributed by atoms with Crippen molar-refractivity contribution in [1.29, 1.82) is 0 Å². The Morgan fingerprint density at radius 1 is 1.38 bits per heavy atom. The Balaban J connectivity index is 3.01. The third kappa shape index (κ3) is 2.41. The van der Waals surface area contributed by atoms with Gasteiger partial charge in [0.05, 0.1) is 5.54 Å². The fraction of sp³-hybridized carbons (Fsp3) is 0.571. The molecule has 0 aliphatic rings. The molecule has 0 aliphatic carbocycles. The summed E-state index contributed by atoms with van der Waals surface area (Å²) in [5.74, 6) is 0. The molecule has 0 saturated heterocycles. The lowest BCUT2D eigenvalue weighted by Gasteiger charge is -2.13. The lowest BCUT2D eigenvalue weighted by Crippen LogP contribution is -2.28. The van der Waals surface area contributed by atoms with Gasteiger partial charge in [-0.25, -0.2) is 4.98 Å². The van der Waals surface area contributed by atoms with Crippen molar-refractivity contribution in [2.45, 2.75) is 25.6 Å². The van der Waals surface area contributed by atoms with Gasteiger partial charge in [-0.1, -0.05) is 0 Å². The van der Waals surface area contributed by atoms with Gasteiger partial charge < -0.3 is 5.73 Å². The van der Waals surface area contributed by atoms with Crippen molar-refractivity contribution in [3.63, 3.8) is 0 Å². The van der Waals surface area contributed by atoms with Crippen LogP contribution in [0.25, 0.3) is 0 Å². The van der Waals surface area contributed by atoms with Crippen molar-refractivity contribution in [3.05, 3.63) is 16.1 Å². The van der Waals surface area contributed by atoms with Crippen molar-refractivity contribution < 1.29 is 13.2 Å². The van der Waals surface area contributed by atoms with Crippen LogP contribution < -0.4 is 5.73 Å². The molecule has 0 aromatic carbocycles. The van der Waals surface area contributed by atoms with Crippen LogP contribution in [0.3, 0.4) is 0 Å². The number of rotatable bonds is 1. The fourth-order valence-corrected chi connectivity index (χ4v) is 1.56. The normalized spacial score (nSPS) is 13.4. The maximum atomic E-state index is 12.1. The minimum atomic E-state index is -4.38. The molecular weight excluding hydrogens is 201 g/mol. The first-order chi connectivity index (χ1) is 5.71. The molecule has 1 aromatic rings. The van der Waals surface area contributed by atoms with Crippen molar-refractivity contribution in [1.82, 2.24) is 4.98 Å². The second-order valence-corrected chi connectivity index (χ2v) is 4.12. The van der Waals surface area contributed by atoms with Crippen molar-refractivity contribution in [2.24, 2.45) is 5.73 Å². The van der Waals surface area contributed by atoms with Gasteiger partial charge in [-0.3, -0.25) is 0 Å². The summed E-state index contributed by atoms with van der Waals surface area (Å²) in [7, 11) is 0. The van der Waals surface area contributed by atoms with Crippen LogP contribution in [0.15, 0.2) is 5.38 Å². The number of hydrogen-bond acceptors (Lipinski definition) is 3. The summed E-state index contributed by atoms with van der Waals surface area (Å²) in [6.45, 7) is 3.23. The number of nitrogens with two attached hydrogens (primary N) is 1. The molecule has 0 radical (unpaired) electrons. The molecule has 0 amide bonds. The van der Waals surface area contributed by atoms with Crippen LogP contribution in [-0.2, 0) is 11.7 Å². The first kappa shape index (κ1) is 10.5. The van der Waals surface area contributed by atoms with Gasteiger partial charge in [0.15, 0.2) is 5.69 Å². The Bertz CT molecular complexity index is 269.